The Labute approximate surface area is 109 Å². The molecule has 0 spiro atoms. The molecule has 5 nitrogen and oxygen atoms in total. The Morgan fingerprint density at radius 3 is 2.72 bits per heavy atom. The van der Waals surface area contributed by atoms with Gasteiger partial charge in [-0.05, 0) is 5.56 Å². The van der Waals surface area contributed by atoms with Gasteiger partial charge >= 0.3 is 5.97 Å². The number of carboxylic acids is 1. The van der Waals surface area contributed by atoms with Crippen molar-refractivity contribution < 1.29 is 9.90 Å². The molecule has 0 amide bonds. The maximum absolute atomic E-state index is 10.9. The summed E-state index contributed by atoms with van der Waals surface area (Å²) in [5.41, 5.74) is 0.980. The van der Waals surface area contributed by atoms with E-state index < -0.39 is 5.97 Å². The van der Waals surface area contributed by atoms with Crippen molar-refractivity contribution in [1.82, 2.24) is 14.8 Å². The van der Waals surface area contributed by atoms with Gasteiger partial charge in [-0.3, -0.25) is 4.79 Å². The van der Waals surface area contributed by atoms with Gasteiger partial charge in [0.1, 0.15) is 6.33 Å². The lowest BCUT2D eigenvalue weighted by Gasteiger charge is -2.13. The van der Waals surface area contributed by atoms with Crippen LogP contribution in [0.4, 0.5) is 0 Å². The maximum Gasteiger partial charge on any atom is 0.304 e. The zero-order valence-corrected chi connectivity index (χ0v) is 10.7. The molecule has 0 aliphatic carbocycles. The highest BCUT2D eigenvalue weighted by molar-refractivity contribution is 7.99. The quantitative estimate of drug-likeness (QED) is 0.837. The number of carbonyl (C=O) groups is 1. The van der Waals surface area contributed by atoms with Gasteiger partial charge in [0.25, 0.3) is 0 Å². The van der Waals surface area contributed by atoms with Crippen molar-refractivity contribution in [2.75, 3.05) is 0 Å². The monoisotopic (exact) mass is 263 g/mol. The van der Waals surface area contributed by atoms with E-state index in [1.807, 2.05) is 30.3 Å². The summed E-state index contributed by atoms with van der Waals surface area (Å²) in [6.07, 6.45) is 1.52. The van der Waals surface area contributed by atoms with Gasteiger partial charge in [-0.2, -0.15) is 5.10 Å². The Morgan fingerprint density at radius 1 is 1.44 bits per heavy atom. The van der Waals surface area contributed by atoms with E-state index in [0.717, 1.165) is 5.56 Å². The van der Waals surface area contributed by atoms with Crippen molar-refractivity contribution in [2.45, 2.75) is 16.8 Å². The van der Waals surface area contributed by atoms with Gasteiger partial charge in [0.2, 0.25) is 0 Å². The molecule has 2 rings (SSSR count). The zero-order chi connectivity index (χ0) is 13.0. The van der Waals surface area contributed by atoms with Crippen LogP contribution in [0.15, 0.2) is 41.8 Å². The molecular formula is C12H13N3O2S. The van der Waals surface area contributed by atoms with E-state index in [2.05, 4.69) is 10.1 Å². The summed E-state index contributed by atoms with van der Waals surface area (Å²) < 4.78 is 1.64. The van der Waals surface area contributed by atoms with E-state index in [1.54, 1.807) is 11.7 Å². The van der Waals surface area contributed by atoms with Crippen molar-refractivity contribution in [3.8, 4) is 0 Å². The van der Waals surface area contributed by atoms with Crippen molar-refractivity contribution in [1.29, 1.82) is 0 Å². The molecule has 1 heterocycles. The first kappa shape index (κ1) is 12.6. The normalized spacial score (nSPS) is 12.3. The number of rotatable bonds is 5. The van der Waals surface area contributed by atoms with Crippen LogP contribution >= 0.6 is 11.8 Å². The van der Waals surface area contributed by atoms with Crippen LogP contribution in [0.2, 0.25) is 0 Å². The van der Waals surface area contributed by atoms with Crippen LogP contribution in [0.5, 0.6) is 0 Å². The maximum atomic E-state index is 10.9. The third-order valence-corrected chi connectivity index (χ3v) is 3.75. The minimum Gasteiger partial charge on any atom is -0.481 e. The molecule has 0 radical (unpaired) electrons. The lowest BCUT2D eigenvalue weighted by molar-refractivity contribution is -0.137. The van der Waals surface area contributed by atoms with Crippen LogP contribution < -0.4 is 0 Å². The molecule has 0 aliphatic heterocycles. The van der Waals surface area contributed by atoms with Crippen molar-refractivity contribution in [2.24, 2.45) is 7.05 Å². The summed E-state index contributed by atoms with van der Waals surface area (Å²) in [7, 11) is 1.79. The van der Waals surface area contributed by atoms with Crippen LogP contribution in [-0.2, 0) is 11.8 Å². The Bertz CT molecular complexity index is 527. The molecule has 94 valence electrons. The van der Waals surface area contributed by atoms with Gasteiger partial charge in [0, 0.05) is 12.3 Å². The molecule has 6 heteroatoms. The summed E-state index contributed by atoms with van der Waals surface area (Å²) in [5, 5.41) is 13.5. The van der Waals surface area contributed by atoms with E-state index in [4.69, 9.17) is 5.11 Å². The molecular weight excluding hydrogens is 250 g/mol. The Hall–Kier alpha value is -1.82. The van der Waals surface area contributed by atoms with Gasteiger partial charge in [-0.15, -0.1) is 0 Å². The number of hydrogen-bond donors (Lipinski definition) is 1. The summed E-state index contributed by atoms with van der Waals surface area (Å²) in [6.45, 7) is 0. The van der Waals surface area contributed by atoms with E-state index >= 15 is 0 Å². The second-order valence-corrected chi connectivity index (χ2v) is 4.95. The van der Waals surface area contributed by atoms with E-state index in [-0.39, 0.29) is 11.7 Å². The summed E-state index contributed by atoms with van der Waals surface area (Å²) in [4.78, 5) is 15.1. The van der Waals surface area contributed by atoms with Gasteiger partial charge in [-0.1, -0.05) is 42.1 Å². The predicted molar refractivity (Wildman–Crippen MR) is 68.3 cm³/mol. The van der Waals surface area contributed by atoms with Gasteiger partial charge in [0.05, 0.1) is 6.42 Å². The first-order valence-electron chi connectivity index (χ1n) is 5.44. The minimum absolute atomic E-state index is 0.0571. The van der Waals surface area contributed by atoms with Gasteiger partial charge < -0.3 is 5.11 Å². The summed E-state index contributed by atoms with van der Waals surface area (Å²) in [6, 6.07) is 9.57. The Balaban J connectivity index is 2.21. The zero-order valence-electron chi connectivity index (χ0n) is 9.85. The standard InChI is InChI=1S/C12H13N3O2S/c1-15-12(13-8-14-15)18-10(7-11(16)17)9-5-3-2-4-6-9/h2-6,8,10H,7H2,1H3,(H,16,17). The summed E-state index contributed by atoms with van der Waals surface area (Å²) >= 11 is 1.41. The Kier molecular flexibility index (Phi) is 3.99. The Morgan fingerprint density at radius 2 is 2.17 bits per heavy atom. The van der Waals surface area contributed by atoms with Gasteiger partial charge in [0.15, 0.2) is 5.16 Å². The molecule has 0 saturated heterocycles. The van der Waals surface area contributed by atoms with E-state index in [1.165, 1.54) is 18.1 Å². The van der Waals surface area contributed by atoms with Crippen LogP contribution in [0.25, 0.3) is 0 Å². The molecule has 0 bridgehead atoms. The summed E-state index contributed by atoms with van der Waals surface area (Å²) in [5.74, 6) is -0.821. The molecule has 2 aromatic rings. The fraction of sp³-hybridized carbons (Fsp3) is 0.250. The average molecular weight is 263 g/mol. The number of carboxylic acid groups (broad SMARTS) is 1. The second-order valence-electron chi connectivity index (χ2n) is 3.78. The number of thioether (sulfide) groups is 1. The molecule has 18 heavy (non-hydrogen) atoms. The van der Waals surface area contributed by atoms with E-state index in [9.17, 15) is 4.79 Å². The second kappa shape index (κ2) is 5.68. The van der Waals surface area contributed by atoms with E-state index in [0.29, 0.717) is 5.16 Å². The topological polar surface area (TPSA) is 68.0 Å². The average Bonchev–Trinajstić information content (AvgIpc) is 2.75. The fourth-order valence-electron chi connectivity index (χ4n) is 1.57. The van der Waals surface area contributed by atoms with Crippen LogP contribution in [-0.4, -0.2) is 25.8 Å². The molecule has 0 saturated carbocycles. The fourth-order valence-corrected chi connectivity index (χ4v) is 2.65. The number of hydrogen-bond acceptors (Lipinski definition) is 4. The largest absolute Gasteiger partial charge is 0.481 e. The SMILES string of the molecule is Cn1ncnc1SC(CC(=O)O)c1ccccc1. The lowest BCUT2D eigenvalue weighted by atomic mass is 10.1. The highest BCUT2D eigenvalue weighted by Gasteiger charge is 2.19. The number of nitrogens with zero attached hydrogens (tertiary/aromatic N) is 3. The van der Waals surface area contributed by atoms with Crippen LogP contribution in [0.1, 0.15) is 17.2 Å². The van der Waals surface area contributed by atoms with Crippen molar-refractivity contribution >= 4 is 17.7 Å². The van der Waals surface area contributed by atoms with Crippen LogP contribution in [0.3, 0.4) is 0 Å². The van der Waals surface area contributed by atoms with Crippen molar-refractivity contribution in [3.05, 3.63) is 42.2 Å². The number of aromatic nitrogens is 3. The minimum atomic E-state index is -0.821. The molecule has 1 unspecified atom stereocenters. The first-order chi connectivity index (χ1) is 8.66. The molecule has 1 aromatic heterocycles. The number of aliphatic carboxylic acids is 1. The third-order valence-electron chi connectivity index (χ3n) is 2.45. The highest BCUT2D eigenvalue weighted by atomic mass is 32.2. The first-order valence-corrected chi connectivity index (χ1v) is 6.32. The highest BCUT2D eigenvalue weighted by Crippen LogP contribution is 2.36. The van der Waals surface area contributed by atoms with Gasteiger partial charge in [-0.25, -0.2) is 9.67 Å². The van der Waals surface area contributed by atoms with Crippen LogP contribution in [0, 0.1) is 0 Å². The molecule has 1 atom stereocenters. The molecule has 0 aliphatic rings. The smallest absolute Gasteiger partial charge is 0.304 e. The third kappa shape index (κ3) is 3.10. The lowest BCUT2D eigenvalue weighted by Crippen LogP contribution is -2.05. The number of benzene rings is 1. The predicted octanol–water partition coefficient (Wildman–Crippen LogP) is 2.12. The molecule has 1 N–H and O–H groups in total. The number of aryl methyl sites for hydroxylation is 1. The molecule has 0 fully saturated rings. The van der Waals surface area contributed by atoms with Crippen molar-refractivity contribution in [3.63, 3.8) is 0 Å². The molecule has 1 aromatic carbocycles.